The topological polar surface area (TPSA) is 115 Å². The maximum atomic E-state index is 13.3. The van der Waals surface area contributed by atoms with E-state index in [1.165, 1.54) is 12.3 Å². The maximum Gasteiger partial charge on any atom is 0.374 e. The zero-order chi connectivity index (χ0) is 25.6. The molecule has 1 aliphatic rings. The van der Waals surface area contributed by atoms with E-state index in [-0.39, 0.29) is 23.3 Å². The molecule has 0 bridgehead atoms. The van der Waals surface area contributed by atoms with E-state index in [0.29, 0.717) is 49.9 Å². The predicted molar refractivity (Wildman–Crippen MR) is 133 cm³/mol. The van der Waals surface area contributed by atoms with Crippen LogP contribution in [-0.4, -0.2) is 45.1 Å². The second-order valence-electron chi connectivity index (χ2n) is 8.72. The normalized spacial score (nSPS) is 14.9. The molecule has 3 heterocycles. The molecule has 37 heavy (non-hydrogen) atoms. The van der Waals surface area contributed by atoms with Crippen LogP contribution in [0, 0.1) is 0 Å². The molecule has 9 heteroatoms. The number of pyridine rings is 1. The molecular weight excluding hydrogens is 474 g/mol. The van der Waals surface area contributed by atoms with Gasteiger partial charge in [0.2, 0.25) is 5.76 Å². The highest BCUT2D eigenvalue weighted by molar-refractivity contribution is 5.93. The molecule has 1 fully saturated rings. The Morgan fingerprint density at radius 3 is 2.22 bits per heavy atom. The number of rotatable bonds is 9. The molecule has 5 rings (SSSR count). The van der Waals surface area contributed by atoms with Crippen LogP contribution in [0.4, 0.5) is 0 Å². The Labute approximate surface area is 213 Å². The minimum atomic E-state index is -1.17. The van der Waals surface area contributed by atoms with E-state index in [9.17, 15) is 9.59 Å². The van der Waals surface area contributed by atoms with E-state index >= 15 is 0 Å². The number of aromatic nitrogens is 2. The SMILES string of the molecule is O=C(O)c1cc(C2CCN(C(=O)c3cc(OCc4ccccc4)c(OCc4ccccc4)cn3)C2)no1. The molecular formula is C28H25N3O6. The van der Waals surface area contributed by atoms with Crippen molar-refractivity contribution in [3.8, 4) is 11.5 Å². The summed E-state index contributed by atoms with van der Waals surface area (Å²) in [4.78, 5) is 30.4. The van der Waals surface area contributed by atoms with Crippen LogP contribution in [0.2, 0.25) is 0 Å². The number of ether oxygens (including phenoxy) is 2. The Kier molecular flexibility index (Phi) is 7.12. The fraction of sp³-hybridized carbons (Fsp3) is 0.214. The second kappa shape index (κ2) is 10.9. The zero-order valence-electron chi connectivity index (χ0n) is 19.9. The van der Waals surface area contributed by atoms with Crippen molar-refractivity contribution in [2.45, 2.75) is 25.6 Å². The van der Waals surface area contributed by atoms with E-state index in [1.807, 2.05) is 60.7 Å². The summed E-state index contributed by atoms with van der Waals surface area (Å²) in [5.74, 6) is -0.873. The monoisotopic (exact) mass is 499 g/mol. The van der Waals surface area contributed by atoms with Crippen LogP contribution in [0.1, 0.15) is 50.2 Å². The van der Waals surface area contributed by atoms with Gasteiger partial charge in [0, 0.05) is 31.1 Å². The highest BCUT2D eigenvalue weighted by Gasteiger charge is 2.31. The molecule has 4 aromatic rings. The molecule has 0 saturated carbocycles. The van der Waals surface area contributed by atoms with Gasteiger partial charge in [0.25, 0.3) is 5.91 Å². The lowest BCUT2D eigenvalue weighted by Crippen LogP contribution is -2.29. The first-order valence-corrected chi connectivity index (χ1v) is 11.9. The van der Waals surface area contributed by atoms with Gasteiger partial charge in [0.05, 0.1) is 11.9 Å². The van der Waals surface area contributed by atoms with Crippen molar-refractivity contribution in [3.05, 3.63) is 107 Å². The number of benzene rings is 2. The Bertz CT molecular complexity index is 1370. The van der Waals surface area contributed by atoms with Crippen LogP contribution in [0.25, 0.3) is 0 Å². The van der Waals surface area contributed by atoms with Gasteiger partial charge in [-0.05, 0) is 17.5 Å². The van der Waals surface area contributed by atoms with Crippen molar-refractivity contribution in [2.24, 2.45) is 0 Å². The van der Waals surface area contributed by atoms with Crippen molar-refractivity contribution >= 4 is 11.9 Å². The molecule has 188 valence electrons. The van der Waals surface area contributed by atoms with Crippen molar-refractivity contribution in [1.82, 2.24) is 15.0 Å². The third kappa shape index (κ3) is 5.78. The third-order valence-corrected chi connectivity index (χ3v) is 6.16. The number of carbonyl (C=O) groups excluding carboxylic acids is 1. The minimum Gasteiger partial charge on any atom is -0.485 e. The van der Waals surface area contributed by atoms with E-state index in [1.54, 1.807) is 11.0 Å². The molecule has 0 aliphatic carbocycles. The molecule has 1 aliphatic heterocycles. The van der Waals surface area contributed by atoms with Gasteiger partial charge in [-0.2, -0.15) is 0 Å². The molecule has 1 saturated heterocycles. The number of hydrogen-bond acceptors (Lipinski definition) is 7. The van der Waals surface area contributed by atoms with Crippen LogP contribution < -0.4 is 9.47 Å². The van der Waals surface area contributed by atoms with Gasteiger partial charge in [-0.25, -0.2) is 9.78 Å². The van der Waals surface area contributed by atoms with E-state index in [4.69, 9.17) is 19.1 Å². The maximum absolute atomic E-state index is 13.3. The highest BCUT2D eigenvalue weighted by atomic mass is 16.5. The molecule has 1 amide bonds. The van der Waals surface area contributed by atoms with E-state index < -0.39 is 5.97 Å². The average molecular weight is 500 g/mol. The molecule has 0 spiro atoms. The van der Waals surface area contributed by atoms with Crippen molar-refractivity contribution in [2.75, 3.05) is 13.1 Å². The Morgan fingerprint density at radius 2 is 1.59 bits per heavy atom. The smallest absolute Gasteiger partial charge is 0.374 e. The van der Waals surface area contributed by atoms with Crippen LogP contribution >= 0.6 is 0 Å². The lowest BCUT2D eigenvalue weighted by Gasteiger charge is -2.18. The lowest BCUT2D eigenvalue weighted by molar-refractivity contribution is 0.0651. The predicted octanol–water partition coefficient (Wildman–Crippen LogP) is 4.56. The molecule has 1 N–H and O–H groups in total. The summed E-state index contributed by atoms with van der Waals surface area (Å²) in [7, 11) is 0. The summed E-state index contributed by atoms with van der Waals surface area (Å²) in [6.45, 7) is 1.52. The summed E-state index contributed by atoms with van der Waals surface area (Å²) in [5, 5.41) is 12.9. The second-order valence-corrected chi connectivity index (χ2v) is 8.72. The quantitative estimate of drug-likeness (QED) is 0.357. The first kappa shape index (κ1) is 24.1. The van der Waals surface area contributed by atoms with Crippen LogP contribution in [-0.2, 0) is 13.2 Å². The Balaban J connectivity index is 1.31. The lowest BCUT2D eigenvalue weighted by atomic mass is 10.1. The Morgan fingerprint density at radius 1 is 0.946 bits per heavy atom. The summed E-state index contributed by atoms with van der Waals surface area (Å²) in [5.41, 5.74) is 2.75. The van der Waals surface area contributed by atoms with Gasteiger partial charge in [-0.15, -0.1) is 0 Å². The number of hydrogen-bond donors (Lipinski definition) is 1. The molecule has 2 aromatic heterocycles. The fourth-order valence-corrected chi connectivity index (χ4v) is 4.16. The number of carbonyl (C=O) groups is 2. The first-order valence-electron chi connectivity index (χ1n) is 11.9. The van der Waals surface area contributed by atoms with Crippen molar-refractivity contribution in [1.29, 1.82) is 0 Å². The van der Waals surface area contributed by atoms with Gasteiger partial charge < -0.3 is 24.0 Å². The summed E-state index contributed by atoms with van der Waals surface area (Å²) in [6.07, 6.45) is 2.16. The number of amides is 1. The van der Waals surface area contributed by atoms with Crippen LogP contribution in [0.15, 0.2) is 83.5 Å². The highest BCUT2D eigenvalue weighted by Crippen LogP contribution is 2.31. The first-order chi connectivity index (χ1) is 18.1. The largest absolute Gasteiger partial charge is 0.485 e. The van der Waals surface area contributed by atoms with Gasteiger partial charge >= 0.3 is 5.97 Å². The number of carboxylic acid groups (broad SMARTS) is 1. The summed E-state index contributed by atoms with van der Waals surface area (Å²) in [6, 6.07) is 22.5. The number of aromatic carboxylic acids is 1. The molecule has 2 aromatic carbocycles. The molecule has 1 unspecified atom stereocenters. The zero-order valence-corrected chi connectivity index (χ0v) is 19.9. The van der Waals surface area contributed by atoms with E-state index in [0.717, 1.165) is 11.1 Å². The minimum absolute atomic E-state index is 0.108. The average Bonchev–Trinajstić information content (AvgIpc) is 3.62. The number of nitrogens with zero attached hydrogens (tertiary/aromatic N) is 3. The molecule has 1 atom stereocenters. The van der Waals surface area contributed by atoms with Gasteiger partial charge in [-0.3, -0.25) is 4.79 Å². The summed E-state index contributed by atoms with van der Waals surface area (Å²) >= 11 is 0. The summed E-state index contributed by atoms with van der Waals surface area (Å²) < 4.78 is 16.9. The van der Waals surface area contributed by atoms with E-state index in [2.05, 4.69) is 10.1 Å². The molecule has 0 radical (unpaired) electrons. The fourth-order valence-electron chi connectivity index (χ4n) is 4.16. The molecule has 9 nitrogen and oxygen atoms in total. The van der Waals surface area contributed by atoms with Crippen molar-refractivity contribution < 1.29 is 28.7 Å². The van der Waals surface area contributed by atoms with Gasteiger partial charge in [0.1, 0.15) is 18.9 Å². The Hall–Kier alpha value is -4.66. The van der Waals surface area contributed by atoms with Crippen LogP contribution in [0.3, 0.4) is 0 Å². The number of likely N-dealkylation sites (tertiary alicyclic amines) is 1. The van der Waals surface area contributed by atoms with Gasteiger partial charge in [-0.1, -0.05) is 65.8 Å². The van der Waals surface area contributed by atoms with Crippen molar-refractivity contribution in [3.63, 3.8) is 0 Å². The van der Waals surface area contributed by atoms with Crippen LogP contribution in [0.5, 0.6) is 11.5 Å². The number of carboxylic acids is 1. The standard InChI is InChI=1S/C28H25N3O6/c32-27(31-12-11-21(16-31)22-13-25(28(33)34)37-30-22)23-14-24(35-17-19-7-3-1-4-8-19)26(15-29-23)36-18-20-9-5-2-6-10-20/h1-10,13-15,21H,11-12,16-18H2,(H,33,34). The third-order valence-electron chi connectivity index (χ3n) is 6.16. The van der Waals surface area contributed by atoms with Gasteiger partial charge in [0.15, 0.2) is 11.5 Å².